The largest absolute Gasteiger partial charge is 0.480 e. The maximum atomic E-state index is 14.4. The molecule has 0 heterocycles. The zero-order chi connectivity index (χ0) is 64.3. The third-order valence-corrected chi connectivity index (χ3v) is 14.1. The van der Waals surface area contributed by atoms with Gasteiger partial charge < -0.3 is 57.1 Å². The molecule has 0 aliphatic heterocycles. The Bertz CT molecular complexity index is 2980. The van der Waals surface area contributed by atoms with Gasteiger partial charge in [0.25, 0.3) is 5.91 Å². The molecule has 0 aromatic heterocycles. The van der Waals surface area contributed by atoms with Crippen molar-refractivity contribution in [1.82, 2.24) is 42.5 Å². The highest BCUT2D eigenvalue weighted by molar-refractivity contribution is 5.97. The van der Waals surface area contributed by atoms with Crippen molar-refractivity contribution >= 4 is 53.6 Å². The van der Waals surface area contributed by atoms with E-state index in [-0.39, 0.29) is 45.3 Å². The molecular formula is C68H88N8O12. The summed E-state index contributed by atoms with van der Waals surface area (Å²) in [5.74, 6) is -5.76. The fraction of sp³-hybridized carbons (Fsp3) is 0.426. The van der Waals surface area contributed by atoms with Crippen LogP contribution in [0.5, 0.6) is 0 Å². The molecule has 5 aromatic rings. The second-order valence-electron chi connectivity index (χ2n) is 23.6. The number of rotatable bonds is 32. The van der Waals surface area contributed by atoms with E-state index in [0.717, 1.165) is 30.4 Å². The Hall–Kier alpha value is -9.07. The van der Waals surface area contributed by atoms with Crippen LogP contribution in [-0.2, 0) is 50.2 Å². The Morgan fingerprint density at radius 1 is 0.477 bits per heavy atom. The molecule has 0 saturated carbocycles. The molecule has 0 fully saturated rings. The highest BCUT2D eigenvalue weighted by Crippen LogP contribution is 2.37. The monoisotopic (exact) mass is 1210 g/mol. The molecule has 472 valence electrons. The number of hydrogen-bond donors (Lipinski definition) is 9. The van der Waals surface area contributed by atoms with Crippen LogP contribution in [0.1, 0.15) is 152 Å². The van der Waals surface area contributed by atoms with Gasteiger partial charge in [0.2, 0.25) is 29.5 Å². The Labute approximate surface area is 516 Å². The highest BCUT2D eigenvalue weighted by atomic mass is 16.6. The van der Waals surface area contributed by atoms with E-state index in [1.54, 1.807) is 53.7 Å². The molecule has 88 heavy (non-hydrogen) atoms. The molecule has 20 nitrogen and oxygen atoms in total. The van der Waals surface area contributed by atoms with Crippen molar-refractivity contribution in [1.29, 1.82) is 0 Å². The molecule has 0 spiro atoms. The normalized spacial score (nSPS) is 12.8. The van der Waals surface area contributed by atoms with Crippen molar-refractivity contribution in [2.75, 3.05) is 19.6 Å². The van der Waals surface area contributed by atoms with Crippen LogP contribution in [0.2, 0.25) is 0 Å². The summed E-state index contributed by atoms with van der Waals surface area (Å²) < 4.78 is 10.7. The van der Waals surface area contributed by atoms with Crippen molar-refractivity contribution in [3.63, 3.8) is 0 Å². The number of aryl methyl sites for hydroxylation is 1. The third-order valence-electron chi connectivity index (χ3n) is 14.1. The van der Waals surface area contributed by atoms with E-state index in [0.29, 0.717) is 41.5 Å². The van der Waals surface area contributed by atoms with Gasteiger partial charge in [0.1, 0.15) is 40.9 Å². The minimum absolute atomic E-state index is 0.0232. The van der Waals surface area contributed by atoms with Gasteiger partial charge in [-0.05, 0) is 145 Å². The molecule has 5 aromatic carbocycles. The van der Waals surface area contributed by atoms with Gasteiger partial charge in [0, 0.05) is 31.6 Å². The average Bonchev–Trinajstić information content (AvgIpc) is 1.12. The lowest BCUT2D eigenvalue weighted by Crippen LogP contribution is -2.57. The smallest absolute Gasteiger partial charge is 0.407 e. The average molecular weight is 1210 g/mol. The van der Waals surface area contributed by atoms with Crippen LogP contribution < -0.4 is 42.5 Å². The second kappa shape index (κ2) is 34.3. The third kappa shape index (κ3) is 23.3. The fourth-order valence-electron chi connectivity index (χ4n) is 9.59. The van der Waals surface area contributed by atoms with Crippen LogP contribution in [0.4, 0.5) is 9.59 Å². The Morgan fingerprint density at radius 3 is 1.38 bits per heavy atom. The first-order valence-corrected chi connectivity index (χ1v) is 30.2. The summed E-state index contributed by atoms with van der Waals surface area (Å²) in [5, 5.41) is 32.1. The lowest BCUT2D eigenvalue weighted by atomic mass is 9.77. The zero-order valence-electron chi connectivity index (χ0n) is 51.9. The van der Waals surface area contributed by atoms with Gasteiger partial charge in [0.05, 0.1) is 6.42 Å². The van der Waals surface area contributed by atoms with Gasteiger partial charge in [-0.3, -0.25) is 28.8 Å². The van der Waals surface area contributed by atoms with Crippen LogP contribution >= 0.6 is 0 Å². The van der Waals surface area contributed by atoms with Gasteiger partial charge in [-0.25, -0.2) is 14.4 Å². The van der Waals surface area contributed by atoms with Crippen LogP contribution in [0.25, 0.3) is 11.1 Å². The quantitative estimate of drug-likeness (QED) is 0.0144. The van der Waals surface area contributed by atoms with Crippen LogP contribution in [0.15, 0.2) is 140 Å². The Morgan fingerprint density at radius 2 is 0.920 bits per heavy atom. The second-order valence-corrected chi connectivity index (χ2v) is 23.6. The molecule has 0 aliphatic carbocycles. The number of benzene rings is 5. The predicted octanol–water partition coefficient (Wildman–Crippen LogP) is 8.75. The molecule has 0 bridgehead atoms. The molecule has 0 saturated heterocycles. The first-order valence-electron chi connectivity index (χ1n) is 30.2. The topological polar surface area (TPSA) is 289 Å². The number of carboxylic acid groups (broad SMARTS) is 1. The summed E-state index contributed by atoms with van der Waals surface area (Å²) in [7, 11) is 0. The summed E-state index contributed by atoms with van der Waals surface area (Å²) in [5.41, 5.74) is 2.90. The standard InChI is InChI=1S/C68H88N8O12/c1-9-10-24-47-33-35-48(36-34-47)49-37-39-50(40-38-49)60(80)69-44-41-57(77)73-54(31-20-22-42-70-64(85)87-66(3,4)5)62(82)74-55(32-21-23-43-71-65(86)88-67(6,7)8)61(81)72-46(2)59(79)75-56(63(83)84)45-58(78)76-68(51-25-14-11-15-26-51,52-27-16-12-17-28-52)53-29-18-13-19-30-53/h11-19,25-30,33-40,46,54-56H,9-10,20-24,31-32,41-45H2,1-8H3,(H,69,80)(H,70,85)(H,71,86)(H,72,81)(H,73,77)(H,74,82)(H,75,79)(H,76,78)(H,83,84)/t46-,54-,55-,56-/m0/s1. The highest BCUT2D eigenvalue weighted by Gasteiger charge is 2.39. The molecule has 4 atom stereocenters. The van der Waals surface area contributed by atoms with E-state index in [4.69, 9.17) is 9.47 Å². The lowest BCUT2D eigenvalue weighted by Gasteiger charge is -2.37. The minimum Gasteiger partial charge on any atom is -0.480 e. The Kier molecular flexibility index (Phi) is 27.2. The van der Waals surface area contributed by atoms with Gasteiger partial charge in [-0.2, -0.15) is 0 Å². The first-order chi connectivity index (χ1) is 41.9. The van der Waals surface area contributed by atoms with E-state index in [2.05, 4.69) is 73.7 Å². The van der Waals surface area contributed by atoms with E-state index in [1.165, 1.54) is 12.5 Å². The molecule has 8 amide bonds. The van der Waals surface area contributed by atoms with Crippen LogP contribution in [0.3, 0.4) is 0 Å². The van der Waals surface area contributed by atoms with Crippen molar-refractivity contribution in [2.45, 2.75) is 167 Å². The molecule has 0 aliphatic rings. The Balaban J connectivity index is 1.28. The number of carbonyl (C=O) groups excluding carboxylic acids is 8. The SMILES string of the molecule is CCCCc1ccc(-c2ccc(C(=O)NCCC(=O)N[C@@H](CCCCNC(=O)OC(C)(C)C)C(=O)N[C@@H](CCCCNC(=O)OC(C)(C)C)C(=O)N[C@@H](C)C(=O)N[C@@H](CC(=O)NC(c3ccccc3)(c3ccccc3)c3ccccc3)C(=O)O)cc2)cc1. The number of carboxylic acids is 1. The number of ether oxygens (including phenoxy) is 2. The van der Waals surface area contributed by atoms with E-state index < -0.39 is 101 Å². The fourth-order valence-corrected chi connectivity index (χ4v) is 9.59. The van der Waals surface area contributed by atoms with Gasteiger partial charge in [0.15, 0.2) is 0 Å². The van der Waals surface area contributed by atoms with E-state index >= 15 is 0 Å². The minimum atomic E-state index is -1.76. The zero-order valence-corrected chi connectivity index (χ0v) is 51.9. The maximum Gasteiger partial charge on any atom is 0.407 e. The molecule has 0 radical (unpaired) electrons. The summed E-state index contributed by atoms with van der Waals surface area (Å²) >= 11 is 0. The first kappa shape index (κ1) is 69.7. The maximum absolute atomic E-state index is 14.4. The van der Waals surface area contributed by atoms with E-state index in [9.17, 15) is 48.3 Å². The summed E-state index contributed by atoms with van der Waals surface area (Å²) in [6, 6.07) is 37.3. The number of nitrogens with one attached hydrogen (secondary N) is 8. The van der Waals surface area contributed by atoms with Crippen molar-refractivity contribution in [3.8, 4) is 11.1 Å². The number of alkyl carbamates (subject to hydrolysis) is 2. The lowest BCUT2D eigenvalue weighted by molar-refractivity contribution is -0.144. The molecule has 0 unspecified atom stereocenters. The van der Waals surface area contributed by atoms with E-state index in [1.807, 2.05) is 103 Å². The van der Waals surface area contributed by atoms with Crippen LogP contribution in [-0.4, -0.2) is 114 Å². The number of unbranched alkanes of at least 4 members (excludes halogenated alkanes) is 3. The number of amides is 8. The van der Waals surface area contributed by atoms with Crippen molar-refractivity contribution in [2.24, 2.45) is 0 Å². The van der Waals surface area contributed by atoms with Crippen molar-refractivity contribution < 1.29 is 57.7 Å². The number of carbonyl (C=O) groups is 9. The molecule has 9 N–H and O–H groups in total. The number of hydrogen-bond acceptors (Lipinski definition) is 11. The summed E-state index contributed by atoms with van der Waals surface area (Å²) in [6.45, 7) is 14.1. The number of aliphatic carboxylic acids is 1. The van der Waals surface area contributed by atoms with Gasteiger partial charge >= 0.3 is 18.2 Å². The molecular weight excluding hydrogens is 1120 g/mol. The van der Waals surface area contributed by atoms with Crippen molar-refractivity contribution in [3.05, 3.63) is 167 Å². The van der Waals surface area contributed by atoms with Crippen LogP contribution in [0, 0.1) is 0 Å². The molecule has 5 rings (SSSR count). The summed E-state index contributed by atoms with van der Waals surface area (Å²) in [4.78, 5) is 121. The summed E-state index contributed by atoms with van der Waals surface area (Å²) in [6.07, 6.45) is 2.31. The predicted molar refractivity (Wildman–Crippen MR) is 337 cm³/mol. The van der Waals surface area contributed by atoms with Gasteiger partial charge in [-0.1, -0.05) is 141 Å². The molecule has 20 heteroatoms. The van der Waals surface area contributed by atoms with Gasteiger partial charge in [-0.15, -0.1) is 0 Å².